The Morgan fingerprint density at radius 3 is 2.84 bits per heavy atom. The van der Waals surface area contributed by atoms with Gasteiger partial charge < -0.3 is 16.6 Å². The minimum atomic E-state index is 0.239. The number of quaternary nitrogens is 1. The molecule has 106 valence electrons. The number of nitrogens with two attached hydrogens (primary N) is 1. The van der Waals surface area contributed by atoms with Crippen molar-refractivity contribution in [3.63, 3.8) is 0 Å². The van der Waals surface area contributed by atoms with Crippen LogP contribution in [0.5, 0.6) is 5.75 Å². The van der Waals surface area contributed by atoms with Crippen LogP contribution in [-0.4, -0.2) is 55.5 Å². The number of phenolic OH excluding ortho intramolecular Hbond substituents is 1. The number of halogens is 1. The Kier molecular flexibility index (Phi) is 7.66. The summed E-state index contributed by atoms with van der Waals surface area (Å²) in [5.41, 5.74) is 10.1. The molecule has 5 nitrogen and oxygen atoms in total. The minimum Gasteiger partial charge on any atom is -0.507 e. The number of nitrogens with zero attached hydrogens (tertiary/aromatic N) is 2. The first-order valence-electron chi connectivity index (χ1n) is 6.37. The summed E-state index contributed by atoms with van der Waals surface area (Å²) in [5, 5.41) is 9.66. The zero-order chi connectivity index (χ0) is 14.1. The molecule has 0 unspecified atom stereocenters. The highest BCUT2D eigenvalue weighted by Gasteiger charge is 2.02. The average Bonchev–Trinajstić information content (AvgIpc) is 2.39. The van der Waals surface area contributed by atoms with Gasteiger partial charge in [-0.15, -0.1) is 0 Å². The Morgan fingerprint density at radius 1 is 1.37 bits per heavy atom. The van der Waals surface area contributed by atoms with Gasteiger partial charge in [0, 0.05) is 42.4 Å². The molecule has 0 radical (unpaired) electrons. The highest BCUT2D eigenvalue weighted by molar-refractivity contribution is 9.10. The van der Waals surface area contributed by atoms with Crippen molar-refractivity contribution in [1.82, 2.24) is 4.90 Å². The lowest BCUT2D eigenvalue weighted by atomic mass is 10.2. The first-order valence-corrected chi connectivity index (χ1v) is 7.16. The molecule has 0 aliphatic rings. The SMILES string of the molecule is NCCN(CC[NH3+])CCN=Cc1cc(Br)ccc1O. The fourth-order valence-electron chi connectivity index (χ4n) is 1.73. The minimum absolute atomic E-state index is 0.239. The van der Waals surface area contributed by atoms with Crippen LogP contribution < -0.4 is 11.5 Å². The van der Waals surface area contributed by atoms with Crippen molar-refractivity contribution in [2.45, 2.75) is 0 Å². The summed E-state index contributed by atoms with van der Waals surface area (Å²) in [6, 6.07) is 5.28. The van der Waals surface area contributed by atoms with Crippen molar-refractivity contribution >= 4 is 22.1 Å². The fraction of sp³-hybridized carbons (Fsp3) is 0.462. The summed E-state index contributed by atoms with van der Waals surface area (Å²) < 4.78 is 0.925. The second-order valence-corrected chi connectivity index (χ2v) is 5.14. The number of benzene rings is 1. The van der Waals surface area contributed by atoms with Crippen molar-refractivity contribution in [2.24, 2.45) is 10.7 Å². The van der Waals surface area contributed by atoms with E-state index in [1.54, 1.807) is 18.3 Å². The Hall–Kier alpha value is -0.950. The van der Waals surface area contributed by atoms with Crippen molar-refractivity contribution in [2.75, 3.05) is 39.3 Å². The molecule has 19 heavy (non-hydrogen) atoms. The summed E-state index contributed by atoms with van der Waals surface area (Å²) in [5.74, 6) is 0.239. The van der Waals surface area contributed by atoms with E-state index in [-0.39, 0.29) is 5.75 Å². The summed E-state index contributed by atoms with van der Waals surface area (Å²) in [7, 11) is 0. The molecule has 0 saturated carbocycles. The number of phenols is 1. The lowest BCUT2D eigenvalue weighted by molar-refractivity contribution is -0.368. The molecule has 0 bridgehead atoms. The van der Waals surface area contributed by atoms with E-state index in [1.165, 1.54) is 0 Å². The van der Waals surface area contributed by atoms with Crippen molar-refractivity contribution in [1.29, 1.82) is 0 Å². The molecular weight excluding hydrogens is 308 g/mol. The Labute approximate surface area is 122 Å². The van der Waals surface area contributed by atoms with Crippen LogP contribution in [0, 0.1) is 0 Å². The van der Waals surface area contributed by atoms with Gasteiger partial charge in [-0.3, -0.25) is 9.89 Å². The highest BCUT2D eigenvalue weighted by atomic mass is 79.9. The molecule has 0 aliphatic carbocycles. The van der Waals surface area contributed by atoms with E-state index in [0.717, 1.165) is 36.2 Å². The first kappa shape index (κ1) is 16.1. The van der Waals surface area contributed by atoms with Crippen molar-refractivity contribution < 1.29 is 10.8 Å². The molecule has 0 atom stereocenters. The van der Waals surface area contributed by atoms with Gasteiger partial charge in [0.1, 0.15) is 5.75 Å². The van der Waals surface area contributed by atoms with E-state index >= 15 is 0 Å². The molecule has 6 heteroatoms. The van der Waals surface area contributed by atoms with Crippen LogP contribution in [0.25, 0.3) is 0 Å². The fourth-order valence-corrected chi connectivity index (χ4v) is 2.11. The predicted molar refractivity (Wildman–Crippen MR) is 81.5 cm³/mol. The van der Waals surface area contributed by atoms with Gasteiger partial charge in [-0.2, -0.15) is 0 Å². The normalized spacial score (nSPS) is 11.6. The van der Waals surface area contributed by atoms with Gasteiger partial charge in [-0.25, -0.2) is 0 Å². The predicted octanol–water partition coefficient (Wildman–Crippen LogP) is 0.0762. The second kappa shape index (κ2) is 9.03. The maximum absolute atomic E-state index is 9.66. The Balaban J connectivity index is 2.46. The van der Waals surface area contributed by atoms with Gasteiger partial charge in [0.25, 0.3) is 0 Å². The first-order chi connectivity index (χ1) is 9.17. The second-order valence-electron chi connectivity index (χ2n) is 4.22. The standard InChI is InChI=1S/C13H21BrN4O/c14-12-1-2-13(19)11(9-12)10-17-5-8-18(6-3-15)7-4-16/h1-2,9-10,19H,3-8,15-16H2/p+1. The molecule has 0 aromatic heterocycles. The molecular formula is C13H22BrN4O+. The highest BCUT2D eigenvalue weighted by Crippen LogP contribution is 2.19. The summed E-state index contributed by atoms with van der Waals surface area (Å²) in [6.07, 6.45) is 1.70. The Bertz CT molecular complexity index is 406. The lowest BCUT2D eigenvalue weighted by Gasteiger charge is -2.18. The van der Waals surface area contributed by atoms with Crippen molar-refractivity contribution in [3.8, 4) is 5.75 Å². The number of hydrogen-bond donors (Lipinski definition) is 3. The summed E-state index contributed by atoms with van der Waals surface area (Å²) >= 11 is 3.37. The third-order valence-corrected chi connectivity index (χ3v) is 3.18. The smallest absolute Gasteiger partial charge is 0.124 e. The van der Waals surface area contributed by atoms with E-state index in [9.17, 15) is 5.11 Å². The quantitative estimate of drug-likeness (QED) is 0.590. The molecule has 1 aromatic rings. The number of rotatable bonds is 8. The molecule has 0 fully saturated rings. The monoisotopic (exact) mass is 329 g/mol. The van der Waals surface area contributed by atoms with Gasteiger partial charge in [0.2, 0.25) is 0 Å². The summed E-state index contributed by atoms with van der Waals surface area (Å²) in [6.45, 7) is 4.87. The molecule has 0 amide bonds. The van der Waals surface area contributed by atoms with Crippen LogP contribution in [0.4, 0.5) is 0 Å². The maximum Gasteiger partial charge on any atom is 0.124 e. The van der Waals surface area contributed by atoms with Gasteiger partial charge in [0.05, 0.1) is 13.1 Å². The van der Waals surface area contributed by atoms with Gasteiger partial charge >= 0.3 is 0 Å². The molecule has 1 rings (SSSR count). The summed E-state index contributed by atoms with van der Waals surface area (Å²) in [4.78, 5) is 6.58. The number of hydrogen-bond acceptors (Lipinski definition) is 4. The van der Waals surface area contributed by atoms with E-state index in [1.807, 2.05) is 6.07 Å². The zero-order valence-corrected chi connectivity index (χ0v) is 12.6. The van der Waals surface area contributed by atoms with Crippen LogP contribution >= 0.6 is 15.9 Å². The lowest BCUT2D eigenvalue weighted by Crippen LogP contribution is -2.55. The number of aliphatic imine (C=N–C) groups is 1. The van der Waals surface area contributed by atoms with Crippen LogP contribution in [0.1, 0.15) is 5.56 Å². The zero-order valence-electron chi connectivity index (χ0n) is 11.1. The van der Waals surface area contributed by atoms with Gasteiger partial charge in [-0.1, -0.05) is 15.9 Å². The third-order valence-electron chi connectivity index (χ3n) is 2.68. The largest absolute Gasteiger partial charge is 0.507 e. The molecule has 0 spiro atoms. The van der Waals surface area contributed by atoms with Crippen molar-refractivity contribution in [3.05, 3.63) is 28.2 Å². The van der Waals surface area contributed by atoms with Gasteiger partial charge in [-0.05, 0) is 18.2 Å². The van der Waals surface area contributed by atoms with Crippen LogP contribution in [0.3, 0.4) is 0 Å². The van der Waals surface area contributed by atoms with Crippen LogP contribution in [-0.2, 0) is 0 Å². The molecule has 6 N–H and O–H groups in total. The molecule has 0 aliphatic heterocycles. The molecule has 1 aromatic carbocycles. The van der Waals surface area contributed by atoms with Gasteiger partial charge in [0.15, 0.2) is 0 Å². The average molecular weight is 330 g/mol. The van der Waals surface area contributed by atoms with Crippen LogP contribution in [0.15, 0.2) is 27.7 Å². The topological polar surface area (TPSA) is 89.5 Å². The maximum atomic E-state index is 9.66. The number of aromatic hydroxyl groups is 1. The van der Waals surface area contributed by atoms with E-state index < -0.39 is 0 Å². The van der Waals surface area contributed by atoms with E-state index in [4.69, 9.17) is 5.73 Å². The van der Waals surface area contributed by atoms with Crippen LogP contribution in [0.2, 0.25) is 0 Å². The molecule has 0 heterocycles. The van der Waals surface area contributed by atoms with E-state index in [0.29, 0.717) is 13.1 Å². The van der Waals surface area contributed by atoms with E-state index in [2.05, 4.69) is 31.6 Å². The molecule has 0 saturated heterocycles. The third kappa shape index (κ3) is 6.15. The Morgan fingerprint density at radius 2 is 2.16 bits per heavy atom.